The molecule has 2 N–H and O–H groups in total. The van der Waals surface area contributed by atoms with Crippen molar-refractivity contribution in [3.8, 4) is 0 Å². The van der Waals surface area contributed by atoms with Gasteiger partial charge in [0.25, 0.3) is 0 Å². The number of rotatable bonds is 8. The maximum atomic E-state index is 5.77. The Morgan fingerprint density at radius 1 is 1.17 bits per heavy atom. The van der Waals surface area contributed by atoms with Gasteiger partial charge in [-0.15, -0.1) is 0 Å². The monoisotopic (exact) mass is 327 g/mol. The molecule has 1 saturated heterocycles. The number of aromatic nitrogens is 2. The van der Waals surface area contributed by atoms with E-state index in [1.54, 1.807) is 6.20 Å². The summed E-state index contributed by atoms with van der Waals surface area (Å²) in [5, 5.41) is 6.33. The van der Waals surface area contributed by atoms with E-state index in [9.17, 15) is 0 Å². The first kappa shape index (κ1) is 16.7. The van der Waals surface area contributed by atoms with Crippen molar-refractivity contribution in [3.63, 3.8) is 0 Å². The lowest BCUT2D eigenvalue weighted by atomic mass is 10.3. The van der Waals surface area contributed by atoms with E-state index >= 15 is 0 Å². The molecule has 1 aliphatic heterocycles. The summed E-state index contributed by atoms with van der Waals surface area (Å²) in [6.45, 7) is 4.72. The van der Waals surface area contributed by atoms with Crippen molar-refractivity contribution < 1.29 is 4.74 Å². The highest BCUT2D eigenvalue weighted by Gasteiger charge is 2.10. The van der Waals surface area contributed by atoms with Gasteiger partial charge in [-0.3, -0.25) is 0 Å². The maximum absolute atomic E-state index is 5.77. The van der Waals surface area contributed by atoms with Crippen LogP contribution in [0.4, 0.5) is 17.3 Å². The zero-order valence-electron chi connectivity index (χ0n) is 14.2. The molecule has 3 rings (SSSR count). The minimum atomic E-state index is 0.535. The minimum absolute atomic E-state index is 0.535. The van der Waals surface area contributed by atoms with Crippen molar-refractivity contribution in [2.75, 3.05) is 43.9 Å². The molecular weight excluding hydrogens is 302 g/mol. The SMILES string of the molecule is CNc1ccnc(Nc2cccc(COCCN3CCCC3)n2)c1. The molecule has 0 amide bonds. The predicted molar refractivity (Wildman–Crippen MR) is 96.6 cm³/mol. The molecule has 2 aromatic rings. The molecule has 0 saturated carbocycles. The zero-order valence-corrected chi connectivity index (χ0v) is 14.2. The van der Waals surface area contributed by atoms with Gasteiger partial charge < -0.3 is 20.3 Å². The predicted octanol–water partition coefficient (Wildman–Crippen LogP) is 2.87. The number of pyridine rings is 2. The van der Waals surface area contributed by atoms with E-state index in [0.29, 0.717) is 6.61 Å². The molecule has 128 valence electrons. The molecule has 1 aliphatic rings. The first-order valence-electron chi connectivity index (χ1n) is 8.50. The van der Waals surface area contributed by atoms with Crippen LogP contribution >= 0.6 is 0 Å². The Morgan fingerprint density at radius 2 is 2.04 bits per heavy atom. The Balaban J connectivity index is 1.49. The fourth-order valence-corrected chi connectivity index (χ4v) is 2.79. The van der Waals surface area contributed by atoms with Crippen LogP contribution < -0.4 is 10.6 Å². The Morgan fingerprint density at radius 3 is 2.88 bits per heavy atom. The van der Waals surface area contributed by atoms with Crippen LogP contribution in [-0.4, -0.2) is 48.2 Å². The van der Waals surface area contributed by atoms with Gasteiger partial charge in [-0.2, -0.15) is 0 Å². The quantitative estimate of drug-likeness (QED) is 0.727. The van der Waals surface area contributed by atoms with Crippen molar-refractivity contribution in [1.29, 1.82) is 0 Å². The number of nitrogens with zero attached hydrogens (tertiary/aromatic N) is 3. The van der Waals surface area contributed by atoms with Crippen LogP contribution in [-0.2, 0) is 11.3 Å². The van der Waals surface area contributed by atoms with Gasteiger partial charge in [-0.05, 0) is 44.1 Å². The highest BCUT2D eigenvalue weighted by molar-refractivity contribution is 5.58. The third-order valence-corrected chi connectivity index (χ3v) is 4.11. The maximum Gasteiger partial charge on any atom is 0.133 e. The third-order valence-electron chi connectivity index (χ3n) is 4.11. The average Bonchev–Trinajstić information content (AvgIpc) is 3.13. The van der Waals surface area contributed by atoms with Crippen molar-refractivity contribution >= 4 is 17.3 Å². The van der Waals surface area contributed by atoms with E-state index in [1.165, 1.54) is 25.9 Å². The Bertz CT molecular complexity index is 643. The Hall–Kier alpha value is -2.18. The van der Waals surface area contributed by atoms with Gasteiger partial charge >= 0.3 is 0 Å². The normalized spacial score (nSPS) is 14.7. The van der Waals surface area contributed by atoms with Crippen molar-refractivity contribution in [1.82, 2.24) is 14.9 Å². The highest BCUT2D eigenvalue weighted by Crippen LogP contribution is 2.16. The number of hydrogen-bond acceptors (Lipinski definition) is 6. The van der Waals surface area contributed by atoms with Crippen LogP contribution in [0.5, 0.6) is 0 Å². The molecule has 24 heavy (non-hydrogen) atoms. The van der Waals surface area contributed by atoms with Crippen LogP contribution in [0.1, 0.15) is 18.5 Å². The number of anilines is 3. The lowest BCUT2D eigenvalue weighted by Gasteiger charge is -2.14. The van der Waals surface area contributed by atoms with Crippen LogP contribution in [0.2, 0.25) is 0 Å². The molecule has 6 heteroatoms. The molecule has 0 spiro atoms. The summed E-state index contributed by atoms with van der Waals surface area (Å²) in [6.07, 6.45) is 4.40. The zero-order chi connectivity index (χ0) is 16.6. The van der Waals surface area contributed by atoms with E-state index < -0.39 is 0 Å². The molecule has 6 nitrogen and oxygen atoms in total. The number of nitrogens with one attached hydrogen (secondary N) is 2. The van der Waals surface area contributed by atoms with Crippen LogP contribution in [0.25, 0.3) is 0 Å². The summed E-state index contributed by atoms with van der Waals surface area (Å²) < 4.78 is 5.77. The van der Waals surface area contributed by atoms with Gasteiger partial charge in [-0.1, -0.05) is 6.07 Å². The van der Waals surface area contributed by atoms with Gasteiger partial charge in [0.1, 0.15) is 11.6 Å². The third kappa shape index (κ3) is 4.91. The fourth-order valence-electron chi connectivity index (χ4n) is 2.79. The van der Waals surface area contributed by atoms with Gasteiger partial charge in [0, 0.05) is 31.5 Å². The van der Waals surface area contributed by atoms with E-state index in [2.05, 4.69) is 25.5 Å². The van der Waals surface area contributed by atoms with E-state index in [1.807, 2.05) is 37.4 Å². The van der Waals surface area contributed by atoms with E-state index in [0.717, 1.165) is 36.2 Å². The Kier molecular flexibility index (Phi) is 5.98. The van der Waals surface area contributed by atoms with Crippen LogP contribution in [0, 0.1) is 0 Å². The van der Waals surface area contributed by atoms with Crippen LogP contribution in [0.15, 0.2) is 36.5 Å². The molecule has 0 atom stereocenters. The van der Waals surface area contributed by atoms with E-state index in [4.69, 9.17) is 4.74 Å². The molecule has 1 fully saturated rings. The molecule has 0 radical (unpaired) electrons. The Labute approximate surface area is 143 Å². The molecule has 0 bridgehead atoms. The fraction of sp³-hybridized carbons (Fsp3) is 0.444. The first-order chi connectivity index (χ1) is 11.8. The minimum Gasteiger partial charge on any atom is -0.388 e. The van der Waals surface area contributed by atoms with Gasteiger partial charge in [0.2, 0.25) is 0 Å². The number of hydrogen-bond donors (Lipinski definition) is 2. The summed E-state index contributed by atoms with van der Waals surface area (Å²) in [4.78, 5) is 11.3. The van der Waals surface area contributed by atoms with Crippen molar-refractivity contribution in [2.45, 2.75) is 19.4 Å². The second-order valence-electron chi connectivity index (χ2n) is 5.92. The number of ether oxygens (including phenoxy) is 1. The van der Waals surface area contributed by atoms with Crippen LogP contribution in [0.3, 0.4) is 0 Å². The lowest BCUT2D eigenvalue weighted by molar-refractivity contribution is 0.0972. The van der Waals surface area contributed by atoms with Gasteiger partial charge in [0.05, 0.1) is 18.9 Å². The first-order valence-corrected chi connectivity index (χ1v) is 8.50. The second-order valence-corrected chi connectivity index (χ2v) is 5.92. The van der Waals surface area contributed by atoms with Crippen molar-refractivity contribution in [2.24, 2.45) is 0 Å². The van der Waals surface area contributed by atoms with Gasteiger partial charge in [0.15, 0.2) is 0 Å². The number of likely N-dealkylation sites (tertiary alicyclic amines) is 1. The van der Waals surface area contributed by atoms with Crippen molar-refractivity contribution in [3.05, 3.63) is 42.2 Å². The van der Waals surface area contributed by atoms with Gasteiger partial charge in [-0.25, -0.2) is 9.97 Å². The largest absolute Gasteiger partial charge is 0.388 e. The molecular formula is C18H25N5O. The standard InChI is InChI=1S/C18H25N5O/c1-19-15-7-8-20-18(13-15)22-17-6-4-5-16(21-17)14-24-12-11-23-9-2-3-10-23/h4-8,13H,2-3,9-12,14H2,1H3,(H2,19,20,21,22). The topological polar surface area (TPSA) is 62.3 Å². The molecule has 3 heterocycles. The highest BCUT2D eigenvalue weighted by atomic mass is 16.5. The molecule has 0 aliphatic carbocycles. The molecule has 0 aromatic carbocycles. The molecule has 2 aromatic heterocycles. The average molecular weight is 327 g/mol. The summed E-state index contributed by atoms with van der Waals surface area (Å²) in [5.74, 6) is 1.54. The summed E-state index contributed by atoms with van der Waals surface area (Å²) in [6, 6.07) is 9.76. The van der Waals surface area contributed by atoms with E-state index in [-0.39, 0.29) is 0 Å². The molecule has 0 unspecified atom stereocenters. The lowest BCUT2D eigenvalue weighted by Crippen LogP contribution is -2.24. The summed E-state index contributed by atoms with van der Waals surface area (Å²) in [5.41, 5.74) is 1.93. The summed E-state index contributed by atoms with van der Waals surface area (Å²) >= 11 is 0. The summed E-state index contributed by atoms with van der Waals surface area (Å²) in [7, 11) is 1.89. The smallest absolute Gasteiger partial charge is 0.133 e. The second kappa shape index (κ2) is 8.61.